The molecule has 4 nitrogen and oxygen atoms in total. The lowest BCUT2D eigenvalue weighted by Crippen LogP contribution is -2.08. The van der Waals surface area contributed by atoms with E-state index in [0.717, 1.165) is 12.1 Å². The van der Waals surface area contributed by atoms with Gasteiger partial charge < -0.3 is 9.47 Å². The summed E-state index contributed by atoms with van der Waals surface area (Å²) in [7, 11) is 0. The largest absolute Gasteiger partial charge is 0.423 e. The van der Waals surface area contributed by atoms with Crippen molar-refractivity contribution in [3.05, 3.63) is 119 Å². The van der Waals surface area contributed by atoms with Gasteiger partial charge in [-0.1, -0.05) is 36.8 Å². The van der Waals surface area contributed by atoms with Crippen molar-refractivity contribution in [1.29, 1.82) is 0 Å². The highest BCUT2D eigenvalue weighted by molar-refractivity contribution is 5.88. The van der Waals surface area contributed by atoms with Gasteiger partial charge in [-0.3, -0.25) is 0 Å². The van der Waals surface area contributed by atoms with Crippen LogP contribution in [-0.4, -0.2) is 11.9 Å². The summed E-state index contributed by atoms with van der Waals surface area (Å²) >= 11 is 0. The van der Waals surface area contributed by atoms with E-state index in [1.807, 2.05) is 0 Å². The summed E-state index contributed by atoms with van der Waals surface area (Å²) in [5.74, 6) is 10.1. The van der Waals surface area contributed by atoms with Gasteiger partial charge in [0.2, 0.25) is 0 Å². The van der Waals surface area contributed by atoms with E-state index in [-0.39, 0.29) is 22.4 Å². The van der Waals surface area contributed by atoms with Crippen LogP contribution in [0, 0.1) is 23.7 Å². The van der Waals surface area contributed by atoms with Gasteiger partial charge in [0.25, 0.3) is 0 Å². The molecule has 0 bridgehead atoms. The predicted molar refractivity (Wildman–Crippen MR) is 133 cm³/mol. The Morgan fingerprint density at radius 1 is 0.784 bits per heavy atom. The number of benzene rings is 3. The molecular weight excluding hydrogens is 481 g/mol. The van der Waals surface area contributed by atoms with Gasteiger partial charge >= 0.3 is 18.1 Å². The van der Waals surface area contributed by atoms with Crippen LogP contribution in [0.25, 0.3) is 0 Å². The van der Waals surface area contributed by atoms with E-state index in [2.05, 4.69) is 36.8 Å². The summed E-state index contributed by atoms with van der Waals surface area (Å²) in [6.45, 7) is 8.33. The van der Waals surface area contributed by atoms with Crippen molar-refractivity contribution in [2.45, 2.75) is 13.1 Å². The molecule has 37 heavy (non-hydrogen) atoms. The Bertz CT molecular complexity index is 1470. The second-order valence-electron chi connectivity index (χ2n) is 7.60. The van der Waals surface area contributed by atoms with E-state index in [0.29, 0.717) is 16.9 Å². The molecule has 0 radical (unpaired) electrons. The number of hydrogen-bond donors (Lipinski definition) is 0. The van der Waals surface area contributed by atoms with Gasteiger partial charge in [0.15, 0.2) is 0 Å². The summed E-state index contributed by atoms with van der Waals surface area (Å²) in [5, 5.41) is 0. The summed E-state index contributed by atoms with van der Waals surface area (Å²) in [6.07, 6.45) is -3.63. The predicted octanol–water partition coefficient (Wildman–Crippen LogP) is 6.08. The van der Waals surface area contributed by atoms with Crippen LogP contribution in [0.4, 0.5) is 13.2 Å². The molecule has 0 aliphatic heterocycles. The average Bonchev–Trinajstić information content (AvgIpc) is 2.87. The highest BCUT2D eigenvalue weighted by atomic mass is 19.4. The first-order valence-electron chi connectivity index (χ1n) is 10.7. The van der Waals surface area contributed by atoms with Gasteiger partial charge in [-0.25, -0.2) is 9.59 Å². The molecule has 0 fully saturated rings. The molecule has 0 amide bonds. The van der Waals surface area contributed by atoms with Crippen LogP contribution in [0.5, 0.6) is 11.5 Å². The lowest BCUT2D eigenvalue weighted by Gasteiger charge is -2.09. The van der Waals surface area contributed by atoms with Crippen LogP contribution < -0.4 is 9.47 Å². The number of halogens is 3. The molecular formula is C30H19F3O4. The lowest BCUT2D eigenvalue weighted by molar-refractivity contribution is -0.137. The van der Waals surface area contributed by atoms with Crippen LogP contribution in [0.3, 0.4) is 0 Å². The van der Waals surface area contributed by atoms with Crippen molar-refractivity contribution >= 4 is 11.9 Å². The number of ether oxygens (including phenoxy) is 2. The van der Waals surface area contributed by atoms with Crippen molar-refractivity contribution in [2.24, 2.45) is 0 Å². The molecule has 184 valence electrons. The smallest absolute Gasteiger partial charge is 0.417 e. The highest BCUT2D eigenvalue weighted by Gasteiger charge is 2.33. The Hall–Kier alpha value is -5.01. The van der Waals surface area contributed by atoms with Crippen LogP contribution in [0.1, 0.15) is 34.7 Å². The molecule has 0 aliphatic carbocycles. The third-order valence-corrected chi connectivity index (χ3v) is 4.67. The fraction of sp³-hybridized carbons (Fsp3) is 0.0667. The van der Waals surface area contributed by atoms with Crippen molar-refractivity contribution < 1.29 is 32.2 Å². The van der Waals surface area contributed by atoms with Gasteiger partial charge in [0, 0.05) is 33.9 Å². The van der Waals surface area contributed by atoms with Gasteiger partial charge in [-0.05, 0) is 73.7 Å². The molecule has 0 saturated heterocycles. The monoisotopic (exact) mass is 500 g/mol. The number of esters is 2. The maximum absolute atomic E-state index is 13.7. The number of hydrogen-bond acceptors (Lipinski definition) is 4. The standard InChI is InChI=1S/C30H19F3O4/c1-4-28(34)36-25-15-9-22(10-16-25)7-13-24-14-8-23(19-27(24)30(31,32)33)6-5-21-11-17-26(18-12-21)37-29(35)20(2)3/h4,8-12,14-19H,1-2H2,3H3. The van der Waals surface area contributed by atoms with Crippen molar-refractivity contribution in [3.63, 3.8) is 0 Å². The first-order valence-corrected chi connectivity index (χ1v) is 10.7. The number of carbonyl (C=O) groups is 2. The molecule has 0 heterocycles. The minimum atomic E-state index is -4.64. The molecule has 0 atom stereocenters. The zero-order chi connectivity index (χ0) is 27.0. The van der Waals surface area contributed by atoms with E-state index >= 15 is 0 Å². The fourth-order valence-corrected chi connectivity index (χ4v) is 2.81. The SMILES string of the molecule is C=CC(=O)Oc1ccc(C#Cc2ccc(C#Cc3ccc(OC(=O)C(=C)C)cc3)cc2C(F)(F)F)cc1. The van der Waals surface area contributed by atoms with Gasteiger partial charge in [-0.15, -0.1) is 0 Å². The maximum atomic E-state index is 13.7. The zero-order valence-electron chi connectivity index (χ0n) is 19.6. The molecule has 3 rings (SSSR count). The maximum Gasteiger partial charge on any atom is 0.417 e. The van der Waals surface area contributed by atoms with Gasteiger partial charge in [-0.2, -0.15) is 13.2 Å². The van der Waals surface area contributed by atoms with Gasteiger partial charge in [0.1, 0.15) is 11.5 Å². The normalized spacial score (nSPS) is 10.2. The molecule has 3 aromatic rings. The second-order valence-corrected chi connectivity index (χ2v) is 7.60. The molecule has 0 spiro atoms. The Morgan fingerprint density at radius 2 is 1.27 bits per heavy atom. The minimum absolute atomic E-state index is 0.157. The van der Waals surface area contributed by atoms with Crippen LogP contribution in [0.2, 0.25) is 0 Å². The fourth-order valence-electron chi connectivity index (χ4n) is 2.81. The minimum Gasteiger partial charge on any atom is -0.423 e. The summed E-state index contributed by atoms with van der Waals surface area (Å²) in [6, 6.07) is 15.9. The Morgan fingerprint density at radius 3 is 1.78 bits per heavy atom. The van der Waals surface area contributed by atoms with E-state index in [1.54, 1.807) is 12.1 Å². The Balaban J connectivity index is 1.81. The van der Waals surface area contributed by atoms with Crippen LogP contribution in [-0.2, 0) is 15.8 Å². The molecule has 3 aromatic carbocycles. The van der Waals surface area contributed by atoms with Crippen LogP contribution >= 0.6 is 0 Å². The van der Waals surface area contributed by atoms with Crippen LogP contribution in [0.15, 0.2) is 91.5 Å². The summed E-state index contributed by atoms with van der Waals surface area (Å²) in [5.41, 5.74) is 0.253. The Labute approximate surface area is 212 Å². The number of carbonyl (C=O) groups excluding carboxylic acids is 2. The molecule has 0 aliphatic rings. The van der Waals surface area contributed by atoms with Crippen molar-refractivity contribution in [1.82, 2.24) is 0 Å². The molecule has 0 aromatic heterocycles. The first-order chi connectivity index (χ1) is 17.5. The topological polar surface area (TPSA) is 52.6 Å². The second kappa shape index (κ2) is 11.6. The lowest BCUT2D eigenvalue weighted by atomic mass is 10.0. The van der Waals surface area contributed by atoms with E-state index in [9.17, 15) is 22.8 Å². The van der Waals surface area contributed by atoms with Crippen molar-refractivity contribution in [3.8, 4) is 35.2 Å². The highest BCUT2D eigenvalue weighted by Crippen LogP contribution is 2.32. The van der Waals surface area contributed by atoms with E-state index in [1.165, 1.54) is 55.5 Å². The molecule has 0 unspecified atom stereocenters. The number of alkyl halides is 3. The average molecular weight is 500 g/mol. The first kappa shape index (κ1) is 26.6. The third kappa shape index (κ3) is 7.74. The van der Waals surface area contributed by atoms with E-state index in [4.69, 9.17) is 9.47 Å². The molecule has 7 heteroatoms. The third-order valence-electron chi connectivity index (χ3n) is 4.67. The molecule has 0 saturated carbocycles. The zero-order valence-corrected chi connectivity index (χ0v) is 19.6. The summed E-state index contributed by atoms with van der Waals surface area (Å²) < 4.78 is 51.2. The van der Waals surface area contributed by atoms with Gasteiger partial charge in [0.05, 0.1) is 5.56 Å². The summed E-state index contributed by atoms with van der Waals surface area (Å²) in [4.78, 5) is 22.8. The number of rotatable bonds is 4. The quantitative estimate of drug-likeness (QED) is 0.189. The molecule has 0 N–H and O–H groups in total. The van der Waals surface area contributed by atoms with Crippen molar-refractivity contribution in [2.75, 3.05) is 0 Å². The Kier molecular flexibility index (Phi) is 8.35. The van der Waals surface area contributed by atoms with E-state index < -0.39 is 23.7 Å².